The molecule has 12 nitrogen and oxygen atoms in total. The number of piperidine rings is 1. The lowest BCUT2D eigenvalue weighted by atomic mass is 9.86. The number of aryl methyl sites for hydroxylation is 1. The van der Waals surface area contributed by atoms with Crippen molar-refractivity contribution in [3.63, 3.8) is 0 Å². The van der Waals surface area contributed by atoms with Crippen molar-refractivity contribution in [2.75, 3.05) is 18.9 Å². The van der Waals surface area contributed by atoms with Crippen LogP contribution in [0.15, 0.2) is 53.6 Å². The number of nitrogens with zero attached hydrogens (tertiary/aromatic N) is 6. The normalized spacial score (nSPS) is 20.5. The Kier molecular flexibility index (Phi) is 8.12. The quantitative estimate of drug-likeness (QED) is 0.177. The van der Waals surface area contributed by atoms with Crippen molar-refractivity contribution in [1.29, 1.82) is 0 Å². The number of benzene rings is 2. The van der Waals surface area contributed by atoms with Gasteiger partial charge in [-0.15, -0.1) is 0 Å². The summed E-state index contributed by atoms with van der Waals surface area (Å²) < 4.78 is 38.6. The fourth-order valence-corrected chi connectivity index (χ4v) is 7.02. The number of hydrogen-bond donors (Lipinski definition) is 2. The summed E-state index contributed by atoms with van der Waals surface area (Å²) in [5, 5.41) is 12.0. The van der Waals surface area contributed by atoms with Crippen LogP contribution in [0.3, 0.4) is 0 Å². The van der Waals surface area contributed by atoms with Crippen LogP contribution in [0.2, 0.25) is 0 Å². The van der Waals surface area contributed by atoms with Gasteiger partial charge in [-0.2, -0.15) is 10.2 Å². The molecular weight excluding hydrogens is 610 g/mol. The van der Waals surface area contributed by atoms with Gasteiger partial charge in [-0.25, -0.2) is 13.6 Å². The van der Waals surface area contributed by atoms with E-state index in [2.05, 4.69) is 10.4 Å². The number of imide groups is 1. The first kappa shape index (κ1) is 30.8. The van der Waals surface area contributed by atoms with E-state index in [0.717, 1.165) is 47.7 Å². The molecule has 3 aromatic heterocycles. The first-order chi connectivity index (χ1) is 22.7. The second-order valence-electron chi connectivity index (χ2n) is 12.5. The molecule has 0 spiro atoms. The van der Waals surface area contributed by atoms with Gasteiger partial charge in [-0.05, 0) is 61.8 Å². The highest BCUT2D eigenvalue weighted by molar-refractivity contribution is 6.01. The number of imidazole rings is 1. The molecule has 1 atom stereocenters. The molecule has 3 N–H and O–H groups in total. The van der Waals surface area contributed by atoms with E-state index in [4.69, 9.17) is 15.6 Å². The van der Waals surface area contributed by atoms with Crippen molar-refractivity contribution in [3.05, 3.63) is 65.0 Å². The summed E-state index contributed by atoms with van der Waals surface area (Å²) in [5.41, 5.74) is 9.04. The van der Waals surface area contributed by atoms with Gasteiger partial charge in [0, 0.05) is 43.4 Å². The summed E-state index contributed by atoms with van der Waals surface area (Å²) in [4.78, 5) is 37.7. The van der Waals surface area contributed by atoms with Crippen LogP contribution in [0.1, 0.15) is 62.7 Å². The van der Waals surface area contributed by atoms with Crippen molar-refractivity contribution in [2.45, 2.75) is 63.6 Å². The lowest BCUT2D eigenvalue weighted by Crippen LogP contribution is -2.44. The smallest absolute Gasteiger partial charge is 0.329 e. The molecule has 2 amide bonds. The van der Waals surface area contributed by atoms with Gasteiger partial charge in [-0.1, -0.05) is 18.2 Å². The van der Waals surface area contributed by atoms with Gasteiger partial charge in [0.15, 0.2) is 5.69 Å². The molecule has 7 rings (SSSR count). The maximum absolute atomic E-state index is 13.4. The molecule has 1 unspecified atom stereocenters. The number of carbonyl (C=O) groups is 2. The fraction of sp³-hybridized carbons (Fsp3) is 0.424. The monoisotopic (exact) mass is 646 g/mol. The maximum atomic E-state index is 13.4. The van der Waals surface area contributed by atoms with Gasteiger partial charge in [0.1, 0.15) is 6.04 Å². The summed E-state index contributed by atoms with van der Waals surface area (Å²) in [7, 11) is 1.69. The van der Waals surface area contributed by atoms with E-state index in [-0.39, 0.29) is 41.9 Å². The van der Waals surface area contributed by atoms with Gasteiger partial charge in [-0.3, -0.25) is 33.4 Å². The lowest BCUT2D eigenvalue weighted by molar-refractivity contribution is -0.135. The van der Waals surface area contributed by atoms with Gasteiger partial charge in [0.05, 0.1) is 41.4 Å². The summed E-state index contributed by atoms with van der Waals surface area (Å²) in [6.07, 6.45) is 4.82. The number of nitrogen functional groups attached to an aromatic ring is 1. The standard InChI is InChI=1S/C33H36F2N8O4/c1-40-30-23(3-2-4-26(30)43(33(40)46)27-11-12-28(44)37-32(27)45)20-7-10-25-21(15-20)16-41(38-25)13-14-47-18-19-5-8-22(9-6-19)42-17-24(36)29(39-42)31(34)35/h2-4,7,10,15-17,19,22,27,31H,5-6,8-9,11-14,18,36H2,1H3,(H,37,44,45). The number of amides is 2. The second kappa shape index (κ2) is 12.4. The van der Waals surface area contributed by atoms with Crippen molar-refractivity contribution >= 4 is 39.4 Å². The Bertz CT molecular complexity index is 2040. The van der Waals surface area contributed by atoms with E-state index in [1.807, 2.05) is 47.3 Å². The van der Waals surface area contributed by atoms with Crippen molar-refractivity contribution in [1.82, 2.24) is 34.0 Å². The van der Waals surface area contributed by atoms with Crippen LogP contribution < -0.4 is 16.7 Å². The number of anilines is 1. The molecule has 2 fully saturated rings. The van der Waals surface area contributed by atoms with Crippen LogP contribution >= 0.6 is 0 Å². The van der Waals surface area contributed by atoms with E-state index < -0.39 is 18.4 Å². The Morgan fingerprint density at radius 3 is 2.60 bits per heavy atom. The topological polar surface area (TPSA) is 144 Å². The van der Waals surface area contributed by atoms with Gasteiger partial charge < -0.3 is 10.5 Å². The zero-order valence-electron chi connectivity index (χ0n) is 25.9. The Hall–Kier alpha value is -4.85. The van der Waals surface area contributed by atoms with E-state index in [1.54, 1.807) is 16.3 Å². The number of ether oxygens (including phenoxy) is 1. The molecule has 1 saturated carbocycles. The number of halogens is 2. The van der Waals surface area contributed by atoms with Crippen LogP contribution in [0.25, 0.3) is 33.1 Å². The Labute approximate surface area is 268 Å². The lowest BCUT2D eigenvalue weighted by Gasteiger charge is -2.28. The second-order valence-corrected chi connectivity index (χ2v) is 12.5. The van der Waals surface area contributed by atoms with Crippen LogP contribution in [0, 0.1) is 5.92 Å². The molecule has 47 heavy (non-hydrogen) atoms. The minimum absolute atomic E-state index is 0.0407. The Morgan fingerprint density at radius 2 is 1.85 bits per heavy atom. The van der Waals surface area contributed by atoms with E-state index in [0.29, 0.717) is 36.7 Å². The van der Waals surface area contributed by atoms with Crippen molar-refractivity contribution in [2.24, 2.45) is 13.0 Å². The van der Waals surface area contributed by atoms with Crippen molar-refractivity contribution < 1.29 is 23.1 Å². The number of para-hydroxylation sites is 1. The molecule has 1 saturated heterocycles. The largest absolute Gasteiger partial charge is 0.396 e. The van der Waals surface area contributed by atoms with Crippen LogP contribution in [0.5, 0.6) is 0 Å². The first-order valence-electron chi connectivity index (χ1n) is 15.9. The minimum Gasteiger partial charge on any atom is -0.396 e. The zero-order valence-corrected chi connectivity index (χ0v) is 25.9. The number of alkyl halides is 2. The summed E-state index contributed by atoms with van der Waals surface area (Å²) in [6, 6.07) is 10.9. The number of fused-ring (bicyclic) bond motifs is 2. The molecule has 2 aromatic carbocycles. The molecular formula is C33H36F2N8O4. The van der Waals surface area contributed by atoms with Gasteiger partial charge >= 0.3 is 5.69 Å². The third-order valence-electron chi connectivity index (χ3n) is 9.49. The zero-order chi connectivity index (χ0) is 32.8. The average Bonchev–Trinajstić information content (AvgIpc) is 3.73. The molecule has 14 heteroatoms. The third kappa shape index (κ3) is 5.81. The van der Waals surface area contributed by atoms with Gasteiger partial charge in [0.2, 0.25) is 11.8 Å². The van der Waals surface area contributed by atoms with Crippen LogP contribution in [0.4, 0.5) is 14.5 Å². The highest BCUT2D eigenvalue weighted by Crippen LogP contribution is 2.35. The fourth-order valence-electron chi connectivity index (χ4n) is 7.02. The molecule has 5 aromatic rings. The summed E-state index contributed by atoms with van der Waals surface area (Å²) in [6.45, 7) is 1.72. The Morgan fingerprint density at radius 1 is 1.04 bits per heavy atom. The number of nitrogens with one attached hydrogen (secondary N) is 1. The predicted molar refractivity (Wildman–Crippen MR) is 171 cm³/mol. The minimum atomic E-state index is -2.67. The SMILES string of the molecule is Cn1c(=O)n(C2CCC(=O)NC2=O)c2cccc(-c3ccc4nn(CCOCC5CCC(n6cc(N)c(C(F)F)n6)CC5)cc4c3)c21. The van der Waals surface area contributed by atoms with Crippen LogP contribution in [-0.4, -0.2) is 53.7 Å². The predicted octanol–water partition coefficient (Wildman–Crippen LogP) is 4.50. The van der Waals surface area contributed by atoms with Crippen LogP contribution in [-0.2, 0) is 27.9 Å². The number of rotatable bonds is 9. The number of hydrogen-bond acceptors (Lipinski definition) is 7. The van der Waals surface area contributed by atoms with Gasteiger partial charge in [0.25, 0.3) is 6.43 Å². The molecule has 2 aliphatic rings. The third-order valence-corrected chi connectivity index (χ3v) is 9.49. The molecule has 1 aliphatic heterocycles. The molecule has 0 radical (unpaired) electrons. The molecule has 0 bridgehead atoms. The number of nitrogens with two attached hydrogens (primary N) is 1. The van der Waals surface area contributed by atoms with Crippen molar-refractivity contribution in [3.8, 4) is 11.1 Å². The first-order valence-corrected chi connectivity index (χ1v) is 15.9. The molecule has 4 heterocycles. The highest BCUT2D eigenvalue weighted by atomic mass is 19.3. The summed E-state index contributed by atoms with van der Waals surface area (Å²) >= 11 is 0. The maximum Gasteiger partial charge on any atom is 0.329 e. The summed E-state index contributed by atoms with van der Waals surface area (Å²) in [5.74, 6) is -0.389. The number of carbonyl (C=O) groups excluding carboxylic acids is 2. The molecule has 1 aliphatic carbocycles. The Balaban J connectivity index is 0.991. The highest BCUT2D eigenvalue weighted by Gasteiger charge is 2.32. The molecule has 246 valence electrons. The number of aromatic nitrogens is 6. The van der Waals surface area contributed by atoms with E-state index in [1.165, 1.54) is 10.8 Å². The van der Waals surface area contributed by atoms with E-state index >= 15 is 0 Å². The average molecular weight is 647 g/mol. The van der Waals surface area contributed by atoms with E-state index in [9.17, 15) is 23.2 Å².